The fraction of sp³-hybridized carbons (Fsp3) is 0.500. The van der Waals surface area contributed by atoms with Crippen LogP contribution >= 0.6 is 0 Å². The molecular formula is C14H20N2O3. The van der Waals surface area contributed by atoms with Gasteiger partial charge in [0.2, 0.25) is 0 Å². The number of phenols is 1. The molecule has 2 rings (SSSR count). The summed E-state index contributed by atoms with van der Waals surface area (Å²) in [4.78, 5) is 14.4. The Balaban J connectivity index is 2.41. The maximum atomic E-state index is 12.3. The lowest BCUT2D eigenvalue weighted by Crippen LogP contribution is -2.57. The first kappa shape index (κ1) is 13.8. The number of rotatable bonds is 3. The maximum Gasteiger partial charge on any atom is 0.330 e. The van der Waals surface area contributed by atoms with Crippen molar-refractivity contribution >= 4 is 5.97 Å². The van der Waals surface area contributed by atoms with Gasteiger partial charge in [0.05, 0.1) is 7.11 Å². The fourth-order valence-electron chi connectivity index (χ4n) is 2.55. The molecule has 1 fully saturated rings. The van der Waals surface area contributed by atoms with Crippen LogP contribution in [0.25, 0.3) is 0 Å². The van der Waals surface area contributed by atoms with Crippen LogP contribution in [0.1, 0.15) is 12.5 Å². The Kier molecular flexibility index (Phi) is 4.07. The molecule has 19 heavy (non-hydrogen) atoms. The normalized spacial score (nSPS) is 19.7. The first-order chi connectivity index (χ1) is 9.09. The molecule has 0 bridgehead atoms. The lowest BCUT2D eigenvalue weighted by Gasteiger charge is -2.41. The molecule has 1 aromatic carbocycles. The molecular weight excluding hydrogens is 244 g/mol. The summed E-state index contributed by atoms with van der Waals surface area (Å²) in [6.07, 6.45) is 0. The molecule has 1 heterocycles. The molecule has 0 saturated carbocycles. The Morgan fingerprint density at radius 3 is 2.68 bits per heavy atom. The van der Waals surface area contributed by atoms with Crippen molar-refractivity contribution in [3.63, 3.8) is 0 Å². The quantitative estimate of drug-likeness (QED) is 0.786. The lowest BCUT2D eigenvalue weighted by molar-refractivity contribution is -0.155. The van der Waals surface area contributed by atoms with Gasteiger partial charge in [0.25, 0.3) is 0 Å². The van der Waals surface area contributed by atoms with Crippen molar-refractivity contribution in [3.05, 3.63) is 29.8 Å². The molecule has 1 unspecified atom stereocenters. The number of nitrogens with zero attached hydrogens (tertiary/aromatic N) is 1. The average Bonchev–Trinajstić information content (AvgIpc) is 2.46. The Morgan fingerprint density at radius 1 is 1.42 bits per heavy atom. The van der Waals surface area contributed by atoms with Crippen LogP contribution in [0.2, 0.25) is 0 Å². The van der Waals surface area contributed by atoms with Crippen LogP contribution in [0.5, 0.6) is 5.75 Å². The molecule has 1 saturated heterocycles. The van der Waals surface area contributed by atoms with Gasteiger partial charge in [0.15, 0.2) is 0 Å². The molecule has 0 spiro atoms. The van der Waals surface area contributed by atoms with Gasteiger partial charge in [0, 0.05) is 26.2 Å². The summed E-state index contributed by atoms with van der Waals surface area (Å²) < 4.78 is 4.98. The topological polar surface area (TPSA) is 61.8 Å². The van der Waals surface area contributed by atoms with E-state index in [1.54, 1.807) is 18.2 Å². The number of hydrogen-bond acceptors (Lipinski definition) is 5. The third kappa shape index (κ3) is 2.57. The van der Waals surface area contributed by atoms with Gasteiger partial charge in [-0.2, -0.15) is 0 Å². The number of esters is 1. The van der Waals surface area contributed by atoms with Crippen molar-refractivity contribution in [1.82, 2.24) is 10.2 Å². The van der Waals surface area contributed by atoms with Crippen molar-refractivity contribution in [3.8, 4) is 5.75 Å². The Morgan fingerprint density at radius 2 is 2.11 bits per heavy atom. The summed E-state index contributed by atoms with van der Waals surface area (Å²) in [6, 6.07) is 6.81. The zero-order valence-electron chi connectivity index (χ0n) is 11.3. The number of piperazine rings is 1. The number of benzene rings is 1. The van der Waals surface area contributed by atoms with Crippen molar-refractivity contribution in [1.29, 1.82) is 0 Å². The van der Waals surface area contributed by atoms with Crippen LogP contribution in [0.3, 0.4) is 0 Å². The van der Waals surface area contributed by atoms with Crippen LogP contribution < -0.4 is 5.32 Å². The van der Waals surface area contributed by atoms with Gasteiger partial charge in [-0.05, 0) is 24.6 Å². The highest BCUT2D eigenvalue weighted by atomic mass is 16.5. The summed E-state index contributed by atoms with van der Waals surface area (Å²) >= 11 is 0. The number of nitrogens with one attached hydrogen (secondary N) is 1. The van der Waals surface area contributed by atoms with E-state index in [-0.39, 0.29) is 11.7 Å². The molecule has 1 aromatic rings. The summed E-state index contributed by atoms with van der Waals surface area (Å²) in [5, 5.41) is 12.9. The second kappa shape index (κ2) is 5.59. The van der Waals surface area contributed by atoms with Gasteiger partial charge in [0.1, 0.15) is 11.3 Å². The number of phenolic OH excluding ortho intramolecular Hbond substituents is 1. The van der Waals surface area contributed by atoms with Crippen LogP contribution in [0.4, 0.5) is 0 Å². The summed E-state index contributed by atoms with van der Waals surface area (Å²) in [7, 11) is 1.39. The first-order valence-electron chi connectivity index (χ1n) is 6.42. The van der Waals surface area contributed by atoms with Crippen LogP contribution in [-0.4, -0.2) is 49.3 Å². The fourth-order valence-corrected chi connectivity index (χ4v) is 2.55. The van der Waals surface area contributed by atoms with Crippen molar-refractivity contribution in [2.75, 3.05) is 33.3 Å². The van der Waals surface area contributed by atoms with Gasteiger partial charge in [-0.25, -0.2) is 4.79 Å². The van der Waals surface area contributed by atoms with Gasteiger partial charge in [-0.1, -0.05) is 12.1 Å². The third-order valence-corrected chi connectivity index (χ3v) is 3.74. The first-order valence-corrected chi connectivity index (χ1v) is 6.42. The molecule has 0 aromatic heterocycles. The van der Waals surface area contributed by atoms with Crippen LogP contribution in [0.15, 0.2) is 24.3 Å². The van der Waals surface area contributed by atoms with E-state index in [0.29, 0.717) is 0 Å². The smallest absolute Gasteiger partial charge is 0.330 e. The number of ether oxygens (including phenoxy) is 1. The molecule has 0 radical (unpaired) electrons. The maximum absolute atomic E-state index is 12.3. The van der Waals surface area contributed by atoms with E-state index in [1.165, 1.54) is 7.11 Å². The third-order valence-electron chi connectivity index (χ3n) is 3.74. The highest BCUT2D eigenvalue weighted by Crippen LogP contribution is 2.31. The minimum atomic E-state index is -0.865. The van der Waals surface area contributed by atoms with E-state index in [4.69, 9.17) is 4.74 Å². The SMILES string of the molecule is COC(=O)C(C)(c1cccc(O)c1)N1CCNCC1. The zero-order chi connectivity index (χ0) is 13.9. The number of aromatic hydroxyl groups is 1. The van der Waals surface area contributed by atoms with Crippen molar-refractivity contribution in [2.24, 2.45) is 0 Å². The van der Waals surface area contributed by atoms with Gasteiger partial charge >= 0.3 is 5.97 Å². The summed E-state index contributed by atoms with van der Waals surface area (Å²) in [6.45, 7) is 5.05. The standard InChI is InChI=1S/C14H20N2O3/c1-14(13(18)19-2,16-8-6-15-7-9-16)11-4-3-5-12(17)10-11/h3-5,10,15,17H,6-9H2,1-2H3. The summed E-state index contributed by atoms with van der Waals surface area (Å²) in [5.41, 5.74) is -0.114. The predicted octanol–water partition coefficient (Wildman–Crippen LogP) is 0.686. The molecule has 5 nitrogen and oxygen atoms in total. The largest absolute Gasteiger partial charge is 0.508 e. The van der Waals surface area contributed by atoms with Crippen molar-refractivity contribution < 1.29 is 14.6 Å². The number of hydrogen-bond donors (Lipinski definition) is 2. The lowest BCUT2D eigenvalue weighted by atomic mass is 9.89. The second-order valence-electron chi connectivity index (χ2n) is 4.85. The monoisotopic (exact) mass is 264 g/mol. The van der Waals surface area contributed by atoms with E-state index in [1.807, 2.05) is 13.0 Å². The zero-order valence-corrected chi connectivity index (χ0v) is 11.3. The van der Waals surface area contributed by atoms with E-state index in [0.717, 1.165) is 31.7 Å². The predicted molar refractivity (Wildman–Crippen MR) is 71.9 cm³/mol. The van der Waals surface area contributed by atoms with E-state index in [2.05, 4.69) is 10.2 Å². The van der Waals surface area contributed by atoms with E-state index >= 15 is 0 Å². The Labute approximate surface area is 113 Å². The van der Waals surface area contributed by atoms with Gasteiger partial charge in [-0.3, -0.25) is 4.90 Å². The van der Waals surface area contributed by atoms with E-state index < -0.39 is 5.54 Å². The highest BCUT2D eigenvalue weighted by Gasteiger charge is 2.42. The van der Waals surface area contributed by atoms with Gasteiger partial charge in [-0.15, -0.1) is 0 Å². The highest BCUT2D eigenvalue weighted by molar-refractivity contribution is 5.82. The Hall–Kier alpha value is -1.59. The molecule has 1 atom stereocenters. The molecule has 1 aliphatic heterocycles. The van der Waals surface area contributed by atoms with Crippen LogP contribution in [-0.2, 0) is 15.1 Å². The molecule has 0 amide bonds. The van der Waals surface area contributed by atoms with Gasteiger partial charge < -0.3 is 15.2 Å². The molecule has 5 heteroatoms. The Bertz CT molecular complexity index is 458. The minimum Gasteiger partial charge on any atom is -0.508 e. The molecule has 2 N–H and O–H groups in total. The summed E-state index contributed by atoms with van der Waals surface area (Å²) in [5.74, 6) is -0.150. The molecule has 1 aliphatic rings. The molecule has 104 valence electrons. The van der Waals surface area contributed by atoms with Crippen LogP contribution in [0, 0.1) is 0 Å². The number of carbonyl (C=O) groups excluding carboxylic acids is 1. The minimum absolute atomic E-state index is 0.155. The number of carbonyl (C=O) groups is 1. The van der Waals surface area contributed by atoms with Crippen molar-refractivity contribution in [2.45, 2.75) is 12.5 Å². The number of methoxy groups -OCH3 is 1. The second-order valence-corrected chi connectivity index (χ2v) is 4.85. The average molecular weight is 264 g/mol. The van der Waals surface area contributed by atoms with E-state index in [9.17, 15) is 9.90 Å². The molecule has 0 aliphatic carbocycles.